The van der Waals surface area contributed by atoms with Gasteiger partial charge in [-0.25, -0.2) is 0 Å². The highest BCUT2D eigenvalue weighted by Crippen LogP contribution is 2.22. The smallest absolute Gasteiger partial charge is 0.122 e. The van der Waals surface area contributed by atoms with Crippen molar-refractivity contribution in [1.29, 1.82) is 0 Å². The van der Waals surface area contributed by atoms with Crippen LogP contribution >= 0.6 is 0 Å². The van der Waals surface area contributed by atoms with E-state index in [1.165, 1.54) is 11.1 Å². The van der Waals surface area contributed by atoms with Crippen LogP contribution in [0.5, 0.6) is 5.75 Å². The summed E-state index contributed by atoms with van der Waals surface area (Å²) in [5.41, 5.74) is 2.49. The summed E-state index contributed by atoms with van der Waals surface area (Å²) in [7, 11) is 1.97. The van der Waals surface area contributed by atoms with Gasteiger partial charge in [-0.05, 0) is 50.9 Å². The van der Waals surface area contributed by atoms with Crippen LogP contribution in [0.2, 0.25) is 0 Å². The van der Waals surface area contributed by atoms with Crippen molar-refractivity contribution >= 4 is 0 Å². The fraction of sp³-hybridized carbons (Fsp3) is 0.467. The van der Waals surface area contributed by atoms with Crippen LogP contribution in [-0.2, 0) is 0 Å². The normalized spacial score (nSPS) is 12.2. The van der Waals surface area contributed by atoms with Crippen molar-refractivity contribution in [2.45, 2.75) is 32.7 Å². The number of unbranched alkanes of at least 4 members (excludes halogenated alkanes) is 1. The van der Waals surface area contributed by atoms with Gasteiger partial charge in [0.15, 0.2) is 0 Å². The quantitative estimate of drug-likeness (QED) is 0.573. The molecule has 0 aliphatic carbocycles. The average molecular weight is 233 g/mol. The van der Waals surface area contributed by atoms with Gasteiger partial charge in [-0.1, -0.05) is 18.2 Å². The maximum absolute atomic E-state index is 5.74. The Hall–Kier alpha value is -1.28. The van der Waals surface area contributed by atoms with Crippen molar-refractivity contribution in [1.82, 2.24) is 5.32 Å². The van der Waals surface area contributed by atoms with E-state index in [0.717, 1.165) is 25.2 Å². The third-order valence-corrected chi connectivity index (χ3v) is 2.94. The standard InChI is InChI=1S/C15H23NO/c1-5-6-7-10-17-15-9-8-14(11-12(15)2)13(3)16-4/h5,8-9,11,13,16H,1,6-7,10H2,2-4H3. The van der Waals surface area contributed by atoms with Crippen molar-refractivity contribution in [2.24, 2.45) is 0 Å². The Labute approximate surface area is 105 Å². The SMILES string of the molecule is C=CCCCOc1ccc(C(C)NC)cc1C. The Morgan fingerprint density at radius 1 is 1.47 bits per heavy atom. The summed E-state index contributed by atoms with van der Waals surface area (Å²) in [5.74, 6) is 0.987. The molecule has 2 nitrogen and oxygen atoms in total. The van der Waals surface area contributed by atoms with Crippen LogP contribution in [0.1, 0.15) is 36.9 Å². The number of allylic oxidation sites excluding steroid dienone is 1. The van der Waals surface area contributed by atoms with E-state index >= 15 is 0 Å². The molecule has 17 heavy (non-hydrogen) atoms. The van der Waals surface area contributed by atoms with E-state index in [1.54, 1.807) is 0 Å². The van der Waals surface area contributed by atoms with Crippen LogP contribution in [0.4, 0.5) is 0 Å². The van der Waals surface area contributed by atoms with Crippen molar-refractivity contribution < 1.29 is 4.74 Å². The molecule has 0 saturated carbocycles. The van der Waals surface area contributed by atoms with Crippen LogP contribution in [-0.4, -0.2) is 13.7 Å². The Bertz CT molecular complexity index is 360. The van der Waals surface area contributed by atoms with Gasteiger partial charge < -0.3 is 10.1 Å². The van der Waals surface area contributed by atoms with Gasteiger partial charge in [-0.15, -0.1) is 6.58 Å². The van der Waals surface area contributed by atoms with E-state index < -0.39 is 0 Å². The van der Waals surface area contributed by atoms with Crippen molar-refractivity contribution in [3.05, 3.63) is 42.0 Å². The summed E-state index contributed by atoms with van der Waals surface area (Å²) >= 11 is 0. The second-order valence-electron chi connectivity index (χ2n) is 4.31. The molecule has 0 radical (unpaired) electrons. The molecule has 1 aromatic carbocycles. The molecule has 1 N–H and O–H groups in total. The Balaban J connectivity index is 2.59. The van der Waals surface area contributed by atoms with Crippen LogP contribution < -0.4 is 10.1 Å². The fourth-order valence-corrected chi connectivity index (χ4v) is 1.68. The zero-order valence-corrected chi connectivity index (χ0v) is 11.1. The molecule has 1 atom stereocenters. The summed E-state index contributed by atoms with van der Waals surface area (Å²) in [6.07, 6.45) is 3.96. The number of rotatable bonds is 7. The topological polar surface area (TPSA) is 21.3 Å². The predicted molar refractivity (Wildman–Crippen MR) is 73.6 cm³/mol. The molecule has 0 heterocycles. The first-order valence-corrected chi connectivity index (χ1v) is 6.20. The highest BCUT2D eigenvalue weighted by atomic mass is 16.5. The molecule has 1 unspecified atom stereocenters. The van der Waals surface area contributed by atoms with Gasteiger partial charge in [0.25, 0.3) is 0 Å². The second-order valence-corrected chi connectivity index (χ2v) is 4.31. The lowest BCUT2D eigenvalue weighted by molar-refractivity contribution is 0.310. The highest BCUT2D eigenvalue weighted by Gasteiger charge is 2.05. The van der Waals surface area contributed by atoms with Crippen molar-refractivity contribution in [2.75, 3.05) is 13.7 Å². The van der Waals surface area contributed by atoms with Gasteiger partial charge in [-0.2, -0.15) is 0 Å². The molecule has 0 spiro atoms. The summed E-state index contributed by atoms with van der Waals surface area (Å²) in [5, 5.41) is 3.24. The highest BCUT2D eigenvalue weighted by molar-refractivity contribution is 5.37. The van der Waals surface area contributed by atoms with Gasteiger partial charge in [0.1, 0.15) is 5.75 Å². The molecule has 1 rings (SSSR count). The van der Waals surface area contributed by atoms with E-state index in [1.807, 2.05) is 13.1 Å². The Morgan fingerprint density at radius 3 is 2.82 bits per heavy atom. The molecule has 0 amide bonds. The average Bonchev–Trinajstić information content (AvgIpc) is 2.35. The number of benzene rings is 1. The summed E-state index contributed by atoms with van der Waals surface area (Å²) in [6, 6.07) is 6.75. The fourth-order valence-electron chi connectivity index (χ4n) is 1.68. The molecular formula is C15H23NO. The summed E-state index contributed by atoms with van der Waals surface area (Å²) < 4.78 is 5.74. The van der Waals surface area contributed by atoms with E-state index in [4.69, 9.17) is 4.74 Å². The first-order valence-electron chi connectivity index (χ1n) is 6.20. The summed E-state index contributed by atoms with van der Waals surface area (Å²) in [4.78, 5) is 0. The summed E-state index contributed by atoms with van der Waals surface area (Å²) in [6.45, 7) is 8.70. The van der Waals surface area contributed by atoms with Gasteiger partial charge in [0.05, 0.1) is 6.61 Å². The second kappa shape index (κ2) is 7.13. The van der Waals surface area contributed by atoms with E-state index in [2.05, 4.69) is 43.9 Å². The predicted octanol–water partition coefficient (Wildman–Crippen LogP) is 3.62. The number of ether oxygens (including phenoxy) is 1. The third-order valence-electron chi connectivity index (χ3n) is 2.94. The van der Waals surface area contributed by atoms with E-state index in [9.17, 15) is 0 Å². The minimum absolute atomic E-state index is 0.378. The zero-order valence-electron chi connectivity index (χ0n) is 11.1. The maximum Gasteiger partial charge on any atom is 0.122 e. The maximum atomic E-state index is 5.74. The minimum atomic E-state index is 0.378. The van der Waals surface area contributed by atoms with Crippen molar-refractivity contribution in [3.8, 4) is 5.75 Å². The van der Waals surface area contributed by atoms with Gasteiger partial charge >= 0.3 is 0 Å². The third kappa shape index (κ3) is 4.23. The first-order chi connectivity index (χ1) is 8.19. The number of nitrogens with one attached hydrogen (secondary N) is 1. The van der Waals surface area contributed by atoms with Crippen LogP contribution in [0, 0.1) is 6.92 Å². The lowest BCUT2D eigenvalue weighted by atomic mass is 10.1. The Morgan fingerprint density at radius 2 is 2.24 bits per heavy atom. The van der Waals surface area contributed by atoms with Gasteiger partial charge in [-0.3, -0.25) is 0 Å². The minimum Gasteiger partial charge on any atom is -0.493 e. The molecule has 0 aliphatic rings. The largest absolute Gasteiger partial charge is 0.493 e. The number of hydrogen-bond acceptors (Lipinski definition) is 2. The molecule has 0 bridgehead atoms. The molecular weight excluding hydrogens is 210 g/mol. The number of aryl methyl sites for hydroxylation is 1. The van der Waals surface area contributed by atoms with E-state index in [0.29, 0.717) is 6.04 Å². The van der Waals surface area contributed by atoms with Crippen LogP contribution in [0.3, 0.4) is 0 Å². The lowest BCUT2D eigenvalue weighted by Gasteiger charge is -2.14. The van der Waals surface area contributed by atoms with Gasteiger partial charge in [0.2, 0.25) is 0 Å². The van der Waals surface area contributed by atoms with E-state index in [-0.39, 0.29) is 0 Å². The number of hydrogen-bond donors (Lipinski definition) is 1. The molecule has 0 aromatic heterocycles. The first kappa shape index (κ1) is 13.8. The van der Waals surface area contributed by atoms with Crippen LogP contribution in [0.25, 0.3) is 0 Å². The molecule has 1 aromatic rings. The Kier molecular flexibility index (Phi) is 5.78. The monoisotopic (exact) mass is 233 g/mol. The molecule has 0 aliphatic heterocycles. The molecule has 2 heteroatoms. The molecule has 0 fully saturated rings. The molecule has 94 valence electrons. The molecule has 0 saturated heterocycles. The van der Waals surface area contributed by atoms with Crippen LogP contribution in [0.15, 0.2) is 30.9 Å². The zero-order chi connectivity index (χ0) is 12.7. The lowest BCUT2D eigenvalue weighted by Crippen LogP contribution is -2.12. The van der Waals surface area contributed by atoms with Gasteiger partial charge in [0, 0.05) is 6.04 Å². The van der Waals surface area contributed by atoms with Crippen molar-refractivity contribution in [3.63, 3.8) is 0 Å².